The fourth-order valence-electron chi connectivity index (χ4n) is 7.31. The highest BCUT2D eigenvalue weighted by Crippen LogP contribution is 2.66. The van der Waals surface area contributed by atoms with Crippen molar-refractivity contribution >= 4 is 24.0 Å². The maximum Gasteiger partial charge on any atom is 0.155 e. The van der Waals surface area contributed by atoms with Gasteiger partial charge in [-0.3, -0.25) is 9.59 Å². The highest BCUT2D eigenvalue weighted by molar-refractivity contribution is 5.91. The Balaban J connectivity index is 0.00000182. The van der Waals surface area contributed by atoms with Crippen LogP contribution in [-0.2, 0) is 9.59 Å². The van der Waals surface area contributed by atoms with Gasteiger partial charge in [0, 0.05) is 12.3 Å². The fraction of sp³-hybridized carbons (Fsp3) is 0.810. The average Bonchev–Trinajstić information content (AvgIpc) is 2.78. The van der Waals surface area contributed by atoms with Gasteiger partial charge in [0.15, 0.2) is 5.78 Å². The minimum atomic E-state index is -0.464. The van der Waals surface area contributed by atoms with Crippen molar-refractivity contribution in [2.24, 2.45) is 34.5 Å². The molecule has 4 heteroatoms. The molecule has 3 nitrogen and oxygen atoms in total. The van der Waals surface area contributed by atoms with E-state index in [-0.39, 0.29) is 34.9 Å². The molecule has 0 saturated heterocycles. The molecule has 0 amide bonds. The summed E-state index contributed by atoms with van der Waals surface area (Å²) in [5, 5.41) is 10.6. The zero-order chi connectivity index (χ0) is 17.3. The van der Waals surface area contributed by atoms with Gasteiger partial charge in [-0.25, -0.2) is 0 Å². The number of ketones is 2. The molecule has 0 aromatic carbocycles. The second-order valence-corrected chi connectivity index (χ2v) is 9.40. The van der Waals surface area contributed by atoms with Gasteiger partial charge in [0.05, 0.1) is 6.10 Å². The lowest BCUT2D eigenvalue weighted by Crippen LogP contribution is -2.51. The molecular formula is C21H31ClO3. The Hall–Kier alpha value is -0.670. The first-order valence-electron chi connectivity index (χ1n) is 9.70. The second-order valence-electron chi connectivity index (χ2n) is 9.40. The molecule has 0 aromatic heterocycles. The summed E-state index contributed by atoms with van der Waals surface area (Å²) in [5.74, 6) is 1.95. The molecule has 3 fully saturated rings. The van der Waals surface area contributed by atoms with Crippen molar-refractivity contribution in [1.29, 1.82) is 0 Å². The van der Waals surface area contributed by atoms with E-state index in [1.807, 2.05) is 6.08 Å². The molecule has 0 aliphatic heterocycles. The SMILES string of the molecule is CC(=O)[C@H]1C(O)C[C@H]2[C@@H]3CCC4=CC(=O)CC[C@]4(C)[C@H]3CC[C@]12C.Cl. The molecule has 4 aliphatic rings. The van der Waals surface area contributed by atoms with Gasteiger partial charge < -0.3 is 5.11 Å². The predicted octanol–water partition coefficient (Wildman–Crippen LogP) is 4.12. The monoisotopic (exact) mass is 366 g/mol. The van der Waals surface area contributed by atoms with Crippen molar-refractivity contribution in [3.63, 3.8) is 0 Å². The van der Waals surface area contributed by atoms with E-state index >= 15 is 0 Å². The molecule has 0 spiro atoms. The molecule has 1 N–H and O–H groups in total. The Morgan fingerprint density at radius 3 is 2.56 bits per heavy atom. The molecule has 0 aromatic rings. The first-order chi connectivity index (χ1) is 11.3. The van der Waals surface area contributed by atoms with Crippen molar-refractivity contribution in [2.45, 2.75) is 71.8 Å². The van der Waals surface area contributed by atoms with Gasteiger partial charge >= 0.3 is 0 Å². The van der Waals surface area contributed by atoms with Gasteiger partial charge in [-0.15, -0.1) is 12.4 Å². The van der Waals surface area contributed by atoms with Crippen LogP contribution < -0.4 is 0 Å². The number of allylic oxidation sites excluding steroid dienone is 1. The van der Waals surface area contributed by atoms with E-state index in [0.29, 0.717) is 30.0 Å². The number of rotatable bonds is 1. The number of hydrogen-bond acceptors (Lipinski definition) is 3. The van der Waals surface area contributed by atoms with Crippen molar-refractivity contribution in [3.8, 4) is 0 Å². The maximum atomic E-state index is 12.2. The molecule has 0 bridgehead atoms. The third kappa shape index (κ3) is 2.56. The largest absolute Gasteiger partial charge is 0.392 e. The molecule has 4 rings (SSSR count). The summed E-state index contributed by atoms with van der Waals surface area (Å²) in [4.78, 5) is 24.1. The van der Waals surface area contributed by atoms with Crippen molar-refractivity contribution in [3.05, 3.63) is 11.6 Å². The van der Waals surface area contributed by atoms with Gasteiger partial charge in [0.2, 0.25) is 0 Å². The number of hydrogen-bond donors (Lipinski definition) is 1. The van der Waals surface area contributed by atoms with Gasteiger partial charge in [0.25, 0.3) is 0 Å². The molecule has 25 heavy (non-hydrogen) atoms. The summed E-state index contributed by atoms with van der Waals surface area (Å²) in [5.41, 5.74) is 1.51. The third-order valence-electron chi connectivity index (χ3n) is 8.43. The smallest absolute Gasteiger partial charge is 0.155 e. The normalized spacial score (nSPS) is 48.6. The van der Waals surface area contributed by atoms with E-state index < -0.39 is 6.10 Å². The minimum absolute atomic E-state index is 0. The molecule has 7 atom stereocenters. The first-order valence-corrected chi connectivity index (χ1v) is 9.70. The Morgan fingerprint density at radius 2 is 1.88 bits per heavy atom. The number of halogens is 1. The number of carbonyl (C=O) groups excluding carboxylic acids is 2. The van der Waals surface area contributed by atoms with Crippen LogP contribution >= 0.6 is 12.4 Å². The van der Waals surface area contributed by atoms with E-state index in [4.69, 9.17) is 0 Å². The first kappa shape index (κ1) is 19.1. The summed E-state index contributed by atoms with van der Waals surface area (Å²) in [6, 6.07) is 0. The van der Waals surface area contributed by atoms with E-state index in [1.54, 1.807) is 6.92 Å². The standard InChI is InChI=1S/C21H30O3.ClH/c1-12(22)19-18(24)11-17-15-5-4-13-10-14(23)6-8-20(13,2)16(15)7-9-21(17,19)3;/h10,15-19,24H,4-9,11H2,1-3H3;1H/t15-,16+,17+,18?,19+,20+,21+;/m1./s1. The van der Waals surface area contributed by atoms with Gasteiger partial charge in [-0.2, -0.15) is 0 Å². The summed E-state index contributed by atoms with van der Waals surface area (Å²) in [7, 11) is 0. The Morgan fingerprint density at radius 1 is 1.16 bits per heavy atom. The van der Waals surface area contributed by atoms with Gasteiger partial charge in [0.1, 0.15) is 5.78 Å². The molecule has 3 saturated carbocycles. The predicted molar refractivity (Wildman–Crippen MR) is 99.5 cm³/mol. The van der Waals surface area contributed by atoms with Crippen LogP contribution in [0.25, 0.3) is 0 Å². The molecule has 140 valence electrons. The Labute approximate surface area is 157 Å². The van der Waals surface area contributed by atoms with Gasteiger partial charge in [-0.05, 0) is 80.1 Å². The Kier molecular flexibility index (Phi) is 4.73. The average molecular weight is 367 g/mol. The van der Waals surface area contributed by atoms with E-state index in [0.717, 1.165) is 38.5 Å². The number of aliphatic hydroxyl groups is 1. The second kappa shape index (κ2) is 6.20. The third-order valence-corrected chi connectivity index (χ3v) is 8.43. The quantitative estimate of drug-likeness (QED) is 0.759. The number of Topliss-reactive ketones (excluding diaryl/α,β-unsaturated/α-hetero) is 1. The van der Waals surface area contributed by atoms with Gasteiger partial charge in [-0.1, -0.05) is 19.4 Å². The lowest BCUT2D eigenvalue weighted by Gasteiger charge is -2.57. The van der Waals surface area contributed by atoms with Crippen LogP contribution in [0.15, 0.2) is 11.6 Å². The topological polar surface area (TPSA) is 54.4 Å². The number of fused-ring (bicyclic) bond motifs is 5. The lowest BCUT2D eigenvalue weighted by atomic mass is 9.46. The molecular weight excluding hydrogens is 336 g/mol. The van der Waals surface area contributed by atoms with Crippen LogP contribution in [0.1, 0.15) is 65.7 Å². The molecule has 0 heterocycles. The van der Waals surface area contributed by atoms with Crippen LogP contribution in [0.5, 0.6) is 0 Å². The highest BCUT2D eigenvalue weighted by atomic mass is 35.5. The Bertz CT molecular complexity index is 627. The van der Waals surface area contributed by atoms with Crippen LogP contribution in [0.4, 0.5) is 0 Å². The van der Waals surface area contributed by atoms with Crippen LogP contribution in [-0.4, -0.2) is 22.8 Å². The van der Waals surface area contributed by atoms with E-state index in [1.165, 1.54) is 5.57 Å². The summed E-state index contributed by atoms with van der Waals surface area (Å²) < 4.78 is 0. The van der Waals surface area contributed by atoms with Crippen LogP contribution in [0, 0.1) is 34.5 Å². The van der Waals surface area contributed by atoms with Crippen molar-refractivity contribution in [1.82, 2.24) is 0 Å². The summed E-state index contributed by atoms with van der Waals surface area (Å²) in [6.45, 7) is 6.29. The van der Waals surface area contributed by atoms with Crippen molar-refractivity contribution < 1.29 is 14.7 Å². The summed E-state index contributed by atoms with van der Waals surface area (Å²) >= 11 is 0. The molecule has 1 unspecified atom stereocenters. The van der Waals surface area contributed by atoms with E-state index in [2.05, 4.69) is 13.8 Å². The van der Waals surface area contributed by atoms with Crippen LogP contribution in [0.2, 0.25) is 0 Å². The zero-order valence-corrected chi connectivity index (χ0v) is 16.4. The summed E-state index contributed by atoms with van der Waals surface area (Å²) in [6.07, 6.45) is 8.26. The number of carbonyl (C=O) groups is 2. The van der Waals surface area contributed by atoms with E-state index in [9.17, 15) is 14.7 Å². The maximum absolute atomic E-state index is 12.2. The lowest BCUT2D eigenvalue weighted by molar-refractivity contribution is -0.131. The number of aliphatic hydroxyl groups excluding tert-OH is 1. The fourth-order valence-corrected chi connectivity index (χ4v) is 7.31. The zero-order valence-electron chi connectivity index (χ0n) is 15.6. The van der Waals surface area contributed by atoms with Crippen molar-refractivity contribution in [2.75, 3.05) is 0 Å². The van der Waals surface area contributed by atoms with Crippen LogP contribution in [0.3, 0.4) is 0 Å². The molecule has 0 radical (unpaired) electrons. The molecule has 4 aliphatic carbocycles. The highest BCUT2D eigenvalue weighted by Gasteiger charge is 2.62. The minimum Gasteiger partial charge on any atom is -0.392 e.